The van der Waals surface area contributed by atoms with E-state index in [1.807, 2.05) is 5.38 Å². The average Bonchev–Trinajstić information content (AvgIpc) is 2.75. The smallest absolute Gasteiger partial charge is 0.210 e. The van der Waals surface area contributed by atoms with Gasteiger partial charge in [-0.2, -0.15) is 5.10 Å². The van der Waals surface area contributed by atoms with Crippen molar-refractivity contribution in [3.05, 3.63) is 29.5 Å². The molecule has 5 heteroatoms. The lowest BCUT2D eigenvalue weighted by Crippen LogP contribution is -1.94. The Labute approximate surface area is 72.5 Å². The first kappa shape index (κ1) is 7.17. The predicted molar refractivity (Wildman–Crippen MR) is 44.6 cm³/mol. The van der Waals surface area contributed by atoms with Crippen molar-refractivity contribution in [1.29, 1.82) is 0 Å². The number of carbonyl (C=O) groups excluding carboxylic acids is 1. The zero-order chi connectivity index (χ0) is 8.39. The van der Waals surface area contributed by atoms with Crippen LogP contribution in [0.25, 0.3) is 5.13 Å². The fourth-order valence-corrected chi connectivity index (χ4v) is 1.41. The summed E-state index contributed by atoms with van der Waals surface area (Å²) >= 11 is 1.47. The highest BCUT2D eigenvalue weighted by atomic mass is 32.1. The van der Waals surface area contributed by atoms with Gasteiger partial charge in [0.15, 0.2) is 6.29 Å². The first-order chi connectivity index (χ1) is 5.90. The van der Waals surface area contributed by atoms with E-state index in [0.29, 0.717) is 12.0 Å². The van der Waals surface area contributed by atoms with Crippen LogP contribution in [0.4, 0.5) is 0 Å². The minimum absolute atomic E-state index is 0.421. The molecule has 0 saturated heterocycles. The van der Waals surface area contributed by atoms with Gasteiger partial charge in [-0.3, -0.25) is 4.79 Å². The van der Waals surface area contributed by atoms with Gasteiger partial charge in [-0.1, -0.05) is 0 Å². The molecular formula is C7H5N3OS. The van der Waals surface area contributed by atoms with Crippen molar-refractivity contribution in [3.63, 3.8) is 0 Å². The molecule has 0 radical (unpaired) electrons. The summed E-state index contributed by atoms with van der Waals surface area (Å²) in [5.74, 6) is 0. The van der Waals surface area contributed by atoms with Gasteiger partial charge >= 0.3 is 0 Å². The molecular weight excluding hydrogens is 174 g/mol. The molecule has 2 heterocycles. The first-order valence-corrected chi connectivity index (χ1v) is 4.19. The minimum atomic E-state index is 0.421. The Morgan fingerprint density at radius 1 is 1.58 bits per heavy atom. The number of hydrogen-bond donors (Lipinski definition) is 0. The highest BCUT2D eigenvalue weighted by Crippen LogP contribution is 2.09. The van der Waals surface area contributed by atoms with Crippen molar-refractivity contribution in [3.8, 4) is 5.13 Å². The van der Waals surface area contributed by atoms with E-state index in [-0.39, 0.29) is 0 Å². The first-order valence-electron chi connectivity index (χ1n) is 3.31. The number of carbonyl (C=O) groups is 1. The van der Waals surface area contributed by atoms with Gasteiger partial charge in [0.1, 0.15) is 5.69 Å². The predicted octanol–water partition coefficient (Wildman–Crippen LogP) is 1.14. The van der Waals surface area contributed by atoms with Crippen LogP contribution in [0.5, 0.6) is 0 Å². The zero-order valence-electron chi connectivity index (χ0n) is 6.04. The van der Waals surface area contributed by atoms with Crippen LogP contribution >= 0.6 is 11.3 Å². The van der Waals surface area contributed by atoms with Crippen molar-refractivity contribution in [2.75, 3.05) is 0 Å². The SMILES string of the molecule is O=Cc1ccn(-c2nccs2)n1. The quantitative estimate of drug-likeness (QED) is 0.649. The average molecular weight is 179 g/mol. The Morgan fingerprint density at radius 3 is 3.08 bits per heavy atom. The summed E-state index contributed by atoms with van der Waals surface area (Å²) in [6.07, 6.45) is 4.12. The molecule has 0 aliphatic rings. The van der Waals surface area contributed by atoms with Crippen LogP contribution in [0.3, 0.4) is 0 Å². The molecule has 4 nitrogen and oxygen atoms in total. The zero-order valence-corrected chi connectivity index (χ0v) is 6.86. The van der Waals surface area contributed by atoms with Crippen molar-refractivity contribution in [1.82, 2.24) is 14.8 Å². The largest absolute Gasteiger partial charge is 0.296 e. The molecule has 0 aromatic carbocycles. The molecule has 12 heavy (non-hydrogen) atoms. The number of hydrogen-bond acceptors (Lipinski definition) is 4. The number of aldehydes is 1. The van der Waals surface area contributed by atoms with Crippen LogP contribution in [0.2, 0.25) is 0 Å². The van der Waals surface area contributed by atoms with E-state index in [9.17, 15) is 4.79 Å². The molecule has 0 N–H and O–H groups in total. The van der Waals surface area contributed by atoms with Gasteiger partial charge in [0.2, 0.25) is 5.13 Å². The van der Waals surface area contributed by atoms with Crippen molar-refractivity contribution in [2.45, 2.75) is 0 Å². The van der Waals surface area contributed by atoms with Gasteiger partial charge in [-0.05, 0) is 6.07 Å². The monoisotopic (exact) mass is 179 g/mol. The lowest BCUT2D eigenvalue weighted by Gasteiger charge is -1.90. The third kappa shape index (κ3) is 1.14. The second-order valence-corrected chi connectivity index (χ2v) is 2.99. The Morgan fingerprint density at radius 2 is 2.50 bits per heavy atom. The van der Waals surface area contributed by atoms with Crippen LogP contribution in [0, 0.1) is 0 Å². The summed E-state index contributed by atoms with van der Waals surface area (Å²) in [4.78, 5) is 14.3. The van der Waals surface area contributed by atoms with Gasteiger partial charge in [0.05, 0.1) is 0 Å². The summed E-state index contributed by atoms with van der Waals surface area (Å²) in [6.45, 7) is 0. The van der Waals surface area contributed by atoms with Crippen molar-refractivity contribution in [2.24, 2.45) is 0 Å². The topological polar surface area (TPSA) is 47.8 Å². The van der Waals surface area contributed by atoms with E-state index < -0.39 is 0 Å². The maximum absolute atomic E-state index is 10.3. The lowest BCUT2D eigenvalue weighted by molar-refractivity contribution is 0.111. The van der Waals surface area contributed by atoms with E-state index >= 15 is 0 Å². The van der Waals surface area contributed by atoms with E-state index in [0.717, 1.165) is 5.13 Å². The molecule has 0 amide bonds. The molecule has 0 saturated carbocycles. The van der Waals surface area contributed by atoms with Gasteiger partial charge in [0.25, 0.3) is 0 Å². The third-order valence-corrected chi connectivity index (χ3v) is 2.11. The number of aromatic nitrogens is 3. The normalized spacial score (nSPS) is 10.0. The highest BCUT2D eigenvalue weighted by Gasteiger charge is 2.00. The summed E-state index contributed by atoms with van der Waals surface area (Å²) in [5.41, 5.74) is 0.421. The van der Waals surface area contributed by atoms with Crippen LogP contribution < -0.4 is 0 Å². The number of thiazole rings is 1. The standard InChI is InChI=1S/C7H5N3OS/c11-5-6-1-3-10(9-6)7-8-2-4-12-7/h1-5H. The second-order valence-electron chi connectivity index (χ2n) is 2.12. The van der Waals surface area contributed by atoms with Crippen molar-refractivity contribution >= 4 is 17.6 Å². The summed E-state index contributed by atoms with van der Waals surface area (Å²) in [5, 5.41) is 6.59. The molecule has 0 spiro atoms. The molecule has 0 atom stereocenters. The molecule has 2 aromatic rings. The van der Waals surface area contributed by atoms with Gasteiger partial charge in [0, 0.05) is 17.8 Å². The lowest BCUT2D eigenvalue weighted by atomic mass is 10.5. The fourth-order valence-electron chi connectivity index (χ4n) is 0.836. The third-order valence-electron chi connectivity index (χ3n) is 1.35. The summed E-state index contributed by atoms with van der Waals surface area (Å²) in [7, 11) is 0. The van der Waals surface area contributed by atoms with Crippen LogP contribution in [0.15, 0.2) is 23.8 Å². The molecule has 0 aliphatic heterocycles. The van der Waals surface area contributed by atoms with Crippen LogP contribution in [-0.2, 0) is 0 Å². The van der Waals surface area contributed by atoms with Crippen LogP contribution in [-0.4, -0.2) is 21.1 Å². The minimum Gasteiger partial charge on any atom is -0.296 e. The highest BCUT2D eigenvalue weighted by molar-refractivity contribution is 7.12. The Kier molecular flexibility index (Phi) is 1.71. The molecule has 0 aliphatic carbocycles. The summed E-state index contributed by atoms with van der Waals surface area (Å²) < 4.78 is 1.58. The molecule has 0 fully saturated rings. The molecule has 2 aromatic heterocycles. The van der Waals surface area contributed by atoms with Gasteiger partial charge in [-0.15, -0.1) is 11.3 Å². The van der Waals surface area contributed by atoms with E-state index in [4.69, 9.17) is 0 Å². The Balaban J connectivity index is 2.41. The molecule has 60 valence electrons. The van der Waals surface area contributed by atoms with E-state index in [2.05, 4.69) is 10.1 Å². The van der Waals surface area contributed by atoms with Crippen molar-refractivity contribution < 1.29 is 4.79 Å². The van der Waals surface area contributed by atoms with Gasteiger partial charge in [-0.25, -0.2) is 9.67 Å². The fraction of sp³-hybridized carbons (Fsp3) is 0. The number of rotatable bonds is 2. The van der Waals surface area contributed by atoms with E-state index in [1.165, 1.54) is 11.3 Å². The van der Waals surface area contributed by atoms with Crippen LogP contribution in [0.1, 0.15) is 10.5 Å². The molecule has 2 rings (SSSR count). The maximum Gasteiger partial charge on any atom is 0.210 e. The second kappa shape index (κ2) is 2.86. The molecule has 0 bridgehead atoms. The number of nitrogens with zero attached hydrogens (tertiary/aromatic N) is 3. The Hall–Kier alpha value is -1.49. The Bertz CT molecular complexity index is 379. The van der Waals surface area contributed by atoms with Gasteiger partial charge < -0.3 is 0 Å². The maximum atomic E-state index is 10.3. The summed E-state index contributed by atoms with van der Waals surface area (Å²) in [6, 6.07) is 1.65. The molecule has 0 unspecified atom stereocenters. The van der Waals surface area contributed by atoms with E-state index in [1.54, 1.807) is 23.1 Å².